The minimum absolute atomic E-state index is 0.136. The third kappa shape index (κ3) is 4.38. The number of benzene rings is 1. The highest BCUT2D eigenvalue weighted by Gasteiger charge is 2.19. The summed E-state index contributed by atoms with van der Waals surface area (Å²) in [7, 11) is 2.22. The molecular weight excluding hydrogens is 234 g/mol. The second kappa shape index (κ2) is 7.33. The second-order valence-electron chi connectivity index (χ2n) is 5.33. The fourth-order valence-corrected chi connectivity index (χ4v) is 2.73. The number of hydrogen-bond donors (Lipinski definition) is 1. The first kappa shape index (κ1) is 14.1. The Morgan fingerprint density at radius 2 is 2.11 bits per heavy atom. The van der Waals surface area contributed by atoms with E-state index in [-0.39, 0.29) is 6.61 Å². The average molecular weight is 257 g/mol. The van der Waals surface area contributed by atoms with E-state index in [1.165, 1.54) is 31.2 Å². The highest BCUT2D eigenvalue weighted by molar-refractivity contribution is 5.37. The molecule has 0 atom stereocenters. The first-order chi connectivity index (χ1) is 9.29. The summed E-state index contributed by atoms with van der Waals surface area (Å²) in [6.45, 7) is 1.14. The van der Waals surface area contributed by atoms with Crippen LogP contribution in [-0.2, 0) is 6.54 Å². The molecule has 1 fully saturated rings. The Morgan fingerprint density at radius 1 is 1.32 bits per heavy atom. The molecule has 0 amide bonds. The van der Waals surface area contributed by atoms with E-state index in [0.29, 0.717) is 6.42 Å². The molecule has 2 rings (SSSR count). The summed E-state index contributed by atoms with van der Waals surface area (Å²) in [6.07, 6.45) is 5.98. The van der Waals surface area contributed by atoms with Crippen LogP contribution in [0.15, 0.2) is 24.3 Å². The van der Waals surface area contributed by atoms with Gasteiger partial charge >= 0.3 is 0 Å². The van der Waals surface area contributed by atoms with Crippen molar-refractivity contribution in [3.63, 3.8) is 0 Å². The van der Waals surface area contributed by atoms with Crippen LogP contribution in [0, 0.1) is 11.8 Å². The van der Waals surface area contributed by atoms with Gasteiger partial charge < -0.3 is 5.11 Å². The molecule has 1 aliphatic rings. The summed E-state index contributed by atoms with van der Waals surface area (Å²) in [5, 5.41) is 8.73. The maximum atomic E-state index is 8.73. The van der Waals surface area contributed by atoms with Crippen molar-refractivity contribution in [3.05, 3.63) is 35.4 Å². The van der Waals surface area contributed by atoms with E-state index in [2.05, 4.69) is 42.0 Å². The van der Waals surface area contributed by atoms with E-state index >= 15 is 0 Å². The van der Waals surface area contributed by atoms with Gasteiger partial charge in [-0.3, -0.25) is 4.90 Å². The molecule has 2 nitrogen and oxygen atoms in total. The molecule has 0 bridgehead atoms. The SMILES string of the molecule is CN(Cc1cccc(C#CCCO)c1)C1CCCC1. The van der Waals surface area contributed by atoms with Crippen molar-refractivity contribution in [2.75, 3.05) is 13.7 Å². The van der Waals surface area contributed by atoms with Crippen molar-refractivity contribution in [1.82, 2.24) is 4.90 Å². The van der Waals surface area contributed by atoms with Crippen LogP contribution in [-0.4, -0.2) is 29.7 Å². The molecule has 0 aromatic heterocycles. The summed E-state index contributed by atoms with van der Waals surface area (Å²) in [4.78, 5) is 2.47. The van der Waals surface area contributed by atoms with E-state index in [0.717, 1.165) is 18.2 Å². The summed E-state index contributed by atoms with van der Waals surface area (Å²) < 4.78 is 0. The number of aliphatic hydroxyl groups excluding tert-OH is 1. The smallest absolute Gasteiger partial charge is 0.0540 e. The first-order valence-corrected chi connectivity index (χ1v) is 7.18. The Balaban J connectivity index is 1.96. The van der Waals surface area contributed by atoms with Gasteiger partial charge in [-0.2, -0.15) is 0 Å². The van der Waals surface area contributed by atoms with Crippen LogP contribution >= 0.6 is 0 Å². The summed E-state index contributed by atoms with van der Waals surface area (Å²) >= 11 is 0. The highest BCUT2D eigenvalue weighted by Crippen LogP contribution is 2.23. The zero-order chi connectivity index (χ0) is 13.5. The first-order valence-electron chi connectivity index (χ1n) is 7.18. The maximum absolute atomic E-state index is 8.73. The zero-order valence-corrected chi connectivity index (χ0v) is 11.7. The molecule has 0 unspecified atom stereocenters. The van der Waals surface area contributed by atoms with Crippen LogP contribution < -0.4 is 0 Å². The summed E-state index contributed by atoms with van der Waals surface area (Å²) in [5.41, 5.74) is 2.37. The van der Waals surface area contributed by atoms with E-state index in [4.69, 9.17) is 5.11 Å². The Labute approximate surface area is 116 Å². The van der Waals surface area contributed by atoms with E-state index in [9.17, 15) is 0 Å². The van der Waals surface area contributed by atoms with Gasteiger partial charge in [-0.1, -0.05) is 36.8 Å². The number of rotatable bonds is 4. The highest BCUT2D eigenvalue weighted by atomic mass is 16.2. The lowest BCUT2D eigenvalue weighted by atomic mass is 10.1. The lowest BCUT2D eigenvalue weighted by Gasteiger charge is -2.24. The van der Waals surface area contributed by atoms with Gasteiger partial charge in [0.25, 0.3) is 0 Å². The Morgan fingerprint density at radius 3 is 2.84 bits per heavy atom. The van der Waals surface area contributed by atoms with Gasteiger partial charge in [0.15, 0.2) is 0 Å². The lowest BCUT2D eigenvalue weighted by molar-refractivity contribution is 0.237. The quantitative estimate of drug-likeness (QED) is 0.838. The van der Waals surface area contributed by atoms with Crippen LogP contribution in [0.3, 0.4) is 0 Å². The van der Waals surface area contributed by atoms with Crippen LogP contribution in [0.1, 0.15) is 43.2 Å². The van der Waals surface area contributed by atoms with E-state index < -0.39 is 0 Å². The molecule has 0 radical (unpaired) electrons. The van der Waals surface area contributed by atoms with Gasteiger partial charge in [-0.05, 0) is 37.6 Å². The van der Waals surface area contributed by atoms with Crippen molar-refractivity contribution in [1.29, 1.82) is 0 Å². The maximum Gasteiger partial charge on any atom is 0.0540 e. The van der Waals surface area contributed by atoms with Crippen LogP contribution in [0.25, 0.3) is 0 Å². The Hall–Kier alpha value is -1.30. The molecule has 0 aliphatic heterocycles. The Bertz CT molecular complexity index is 452. The minimum atomic E-state index is 0.136. The van der Waals surface area contributed by atoms with Gasteiger partial charge in [0.1, 0.15) is 0 Å². The topological polar surface area (TPSA) is 23.5 Å². The van der Waals surface area contributed by atoms with Gasteiger partial charge in [0.05, 0.1) is 6.61 Å². The zero-order valence-electron chi connectivity index (χ0n) is 11.7. The fourth-order valence-electron chi connectivity index (χ4n) is 2.73. The van der Waals surface area contributed by atoms with Gasteiger partial charge in [0, 0.05) is 24.6 Å². The summed E-state index contributed by atoms with van der Waals surface area (Å²) in [5.74, 6) is 6.07. The largest absolute Gasteiger partial charge is 0.395 e. The molecular formula is C17H23NO. The van der Waals surface area contributed by atoms with Crippen LogP contribution in [0.4, 0.5) is 0 Å². The van der Waals surface area contributed by atoms with Gasteiger partial charge in [0.2, 0.25) is 0 Å². The third-order valence-electron chi connectivity index (χ3n) is 3.78. The fraction of sp³-hybridized carbons (Fsp3) is 0.529. The van der Waals surface area contributed by atoms with Gasteiger partial charge in [-0.25, -0.2) is 0 Å². The molecule has 102 valence electrons. The molecule has 2 heteroatoms. The summed E-state index contributed by atoms with van der Waals surface area (Å²) in [6, 6.07) is 9.19. The predicted molar refractivity (Wildman–Crippen MR) is 78.7 cm³/mol. The van der Waals surface area contributed by atoms with Crippen LogP contribution in [0.5, 0.6) is 0 Å². The number of aliphatic hydroxyl groups is 1. The molecule has 1 aromatic rings. The Kier molecular flexibility index (Phi) is 5.44. The molecule has 0 saturated heterocycles. The second-order valence-corrected chi connectivity index (χ2v) is 5.33. The molecule has 1 aliphatic carbocycles. The number of hydrogen-bond acceptors (Lipinski definition) is 2. The van der Waals surface area contributed by atoms with Crippen LogP contribution in [0.2, 0.25) is 0 Å². The molecule has 1 aromatic carbocycles. The normalized spacial score (nSPS) is 15.5. The average Bonchev–Trinajstić information content (AvgIpc) is 2.93. The lowest BCUT2D eigenvalue weighted by Crippen LogP contribution is -2.28. The van der Waals surface area contributed by atoms with Gasteiger partial charge in [-0.15, -0.1) is 0 Å². The standard InChI is InChI=1S/C17H23NO/c1-18(17-10-2-3-11-17)14-16-9-6-8-15(13-16)7-4-5-12-19/h6,8-9,13,17,19H,2-3,5,10-12,14H2,1H3. The molecule has 0 spiro atoms. The van der Waals surface area contributed by atoms with E-state index in [1.54, 1.807) is 0 Å². The predicted octanol–water partition coefficient (Wildman–Crippen LogP) is 2.79. The van der Waals surface area contributed by atoms with Crippen molar-refractivity contribution in [3.8, 4) is 11.8 Å². The number of nitrogens with zero attached hydrogens (tertiary/aromatic N) is 1. The van der Waals surface area contributed by atoms with Crippen molar-refractivity contribution >= 4 is 0 Å². The van der Waals surface area contributed by atoms with E-state index in [1.807, 2.05) is 6.07 Å². The van der Waals surface area contributed by atoms with Crippen molar-refractivity contribution in [2.45, 2.75) is 44.7 Å². The molecule has 0 heterocycles. The van der Waals surface area contributed by atoms with Crippen molar-refractivity contribution in [2.24, 2.45) is 0 Å². The molecule has 1 N–H and O–H groups in total. The molecule has 19 heavy (non-hydrogen) atoms. The molecule has 1 saturated carbocycles. The van der Waals surface area contributed by atoms with Crippen molar-refractivity contribution < 1.29 is 5.11 Å². The third-order valence-corrected chi connectivity index (χ3v) is 3.78. The monoisotopic (exact) mass is 257 g/mol. The minimum Gasteiger partial charge on any atom is -0.395 e.